The molecule has 2 aromatic heterocycles. The third-order valence-electron chi connectivity index (χ3n) is 6.84. The van der Waals surface area contributed by atoms with Gasteiger partial charge in [0.05, 0.1) is 18.7 Å². The second-order valence-electron chi connectivity index (χ2n) is 9.00. The van der Waals surface area contributed by atoms with E-state index in [0.717, 1.165) is 11.1 Å². The molecular formula is C25H26FN7O4. The largest absolute Gasteiger partial charge is 0.454 e. The zero-order chi connectivity index (χ0) is 25.4. The number of halogens is 1. The van der Waals surface area contributed by atoms with Crippen molar-refractivity contribution in [3.63, 3.8) is 0 Å². The number of aromatic amines is 1. The Labute approximate surface area is 211 Å². The minimum Gasteiger partial charge on any atom is -0.454 e. The quantitative estimate of drug-likeness (QED) is 0.401. The Hall–Kier alpha value is -4.03. The minimum atomic E-state index is -0.485. The lowest BCUT2D eigenvalue weighted by atomic mass is 10.0. The van der Waals surface area contributed by atoms with Crippen molar-refractivity contribution in [2.24, 2.45) is 0 Å². The number of rotatable bonds is 7. The number of piperazine rings is 1. The Morgan fingerprint density at radius 3 is 2.59 bits per heavy atom. The van der Waals surface area contributed by atoms with Crippen LogP contribution in [0.1, 0.15) is 17.4 Å². The van der Waals surface area contributed by atoms with Crippen molar-refractivity contribution >= 4 is 16.6 Å². The summed E-state index contributed by atoms with van der Waals surface area (Å²) in [7, 11) is 1.62. The fourth-order valence-electron chi connectivity index (χ4n) is 4.95. The number of tetrazole rings is 1. The molecule has 2 aliphatic heterocycles. The third-order valence-corrected chi connectivity index (χ3v) is 6.84. The molecule has 37 heavy (non-hydrogen) atoms. The van der Waals surface area contributed by atoms with Gasteiger partial charge in [-0.25, -0.2) is 9.07 Å². The highest BCUT2D eigenvalue weighted by molar-refractivity contribution is 5.83. The van der Waals surface area contributed by atoms with Gasteiger partial charge in [-0.05, 0) is 46.8 Å². The molecule has 0 saturated carbocycles. The van der Waals surface area contributed by atoms with Crippen LogP contribution in [-0.4, -0.2) is 76.8 Å². The first-order valence-electron chi connectivity index (χ1n) is 12.1. The molecular weight excluding hydrogens is 481 g/mol. The van der Waals surface area contributed by atoms with Crippen LogP contribution in [0.4, 0.5) is 10.1 Å². The van der Waals surface area contributed by atoms with E-state index >= 15 is 0 Å². The molecule has 0 aliphatic carbocycles. The van der Waals surface area contributed by atoms with Gasteiger partial charge in [-0.1, -0.05) is 0 Å². The molecule has 192 valence electrons. The number of nitrogens with zero attached hydrogens (tertiary/aromatic N) is 6. The Bertz CT molecular complexity index is 1460. The molecule has 12 heteroatoms. The number of pyridine rings is 1. The molecule has 2 aliphatic rings. The highest BCUT2D eigenvalue weighted by atomic mass is 19.1. The summed E-state index contributed by atoms with van der Waals surface area (Å²) >= 11 is 0. The lowest BCUT2D eigenvalue weighted by Crippen LogP contribution is -2.49. The van der Waals surface area contributed by atoms with E-state index in [4.69, 9.17) is 14.2 Å². The number of aromatic nitrogens is 5. The topological polar surface area (TPSA) is 111 Å². The van der Waals surface area contributed by atoms with Gasteiger partial charge in [0.1, 0.15) is 11.9 Å². The van der Waals surface area contributed by atoms with Crippen molar-refractivity contribution in [1.82, 2.24) is 30.1 Å². The van der Waals surface area contributed by atoms with E-state index in [-0.39, 0.29) is 18.2 Å². The summed E-state index contributed by atoms with van der Waals surface area (Å²) in [6.07, 6.45) is 0. The molecule has 2 aromatic carbocycles. The summed E-state index contributed by atoms with van der Waals surface area (Å²) in [5, 5.41) is 13.2. The van der Waals surface area contributed by atoms with Crippen molar-refractivity contribution in [1.29, 1.82) is 0 Å². The summed E-state index contributed by atoms with van der Waals surface area (Å²) in [6.45, 7) is 3.74. The van der Waals surface area contributed by atoms with Crippen LogP contribution in [0, 0.1) is 5.82 Å². The lowest BCUT2D eigenvalue weighted by molar-refractivity contribution is 0.171. The number of ether oxygens (including phenoxy) is 3. The number of hydrogen-bond acceptors (Lipinski definition) is 9. The molecule has 1 fully saturated rings. The van der Waals surface area contributed by atoms with Gasteiger partial charge >= 0.3 is 0 Å². The fraction of sp³-hybridized carbons (Fsp3) is 0.360. The molecule has 0 bridgehead atoms. The molecule has 11 nitrogen and oxygen atoms in total. The molecule has 0 amide bonds. The Balaban J connectivity index is 1.37. The van der Waals surface area contributed by atoms with Crippen molar-refractivity contribution in [2.45, 2.75) is 12.6 Å². The fourth-order valence-corrected chi connectivity index (χ4v) is 4.95. The smallest absolute Gasteiger partial charge is 0.253 e. The highest BCUT2D eigenvalue weighted by Gasteiger charge is 2.33. The zero-order valence-corrected chi connectivity index (χ0v) is 20.3. The standard InChI is InChI=1S/C25H26FN7O4/c1-35-11-10-33-24(28-29-30-33)23(32-8-6-31(7-9-32)18-4-2-17(26)3-5-18)19-12-16-13-21-22(37-15-36-21)14-20(16)27-25(19)34/h2-5,12-14,23H,6-11,15H2,1H3,(H,27,34). The average molecular weight is 508 g/mol. The van der Waals surface area contributed by atoms with Gasteiger partial charge in [0.25, 0.3) is 5.56 Å². The maximum Gasteiger partial charge on any atom is 0.253 e. The van der Waals surface area contributed by atoms with E-state index in [1.807, 2.05) is 12.1 Å². The first-order valence-corrected chi connectivity index (χ1v) is 12.1. The van der Waals surface area contributed by atoms with E-state index in [1.54, 1.807) is 30.0 Å². The second-order valence-corrected chi connectivity index (χ2v) is 9.00. The van der Waals surface area contributed by atoms with Crippen LogP contribution in [0.2, 0.25) is 0 Å². The summed E-state index contributed by atoms with van der Waals surface area (Å²) in [5.41, 5.74) is 1.94. The molecule has 4 aromatic rings. The van der Waals surface area contributed by atoms with Crippen molar-refractivity contribution in [3.05, 3.63) is 70.0 Å². The summed E-state index contributed by atoms with van der Waals surface area (Å²) in [4.78, 5) is 20.9. The number of anilines is 1. The van der Waals surface area contributed by atoms with E-state index in [9.17, 15) is 9.18 Å². The van der Waals surface area contributed by atoms with Crippen LogP contribution in [-0.2, 0) is 11.3 Å². The van der Waals surface area contributed by atoms with Crippen LogP contribution in [0.3, 0.4) is 0 Å². The normalized spacial score (nSPS) is 16.4. The predicted octanol–water partition coefficient (Wildman–Crippen LogP) is 1.94. The Morgan fingerprint density at radius 1 is 1.08 bits per heavy atom. The van der Waals surface area contributed by atoms with E-state index in [1.165, 1.54) is 12.1 Å². The van der Waals surface area contributed by atoms with E-state index < -0.39 is 6.04 Å². The molecule has 4 heterocycles. The number of H-pyrrole nitrogens is 1. The molecule has 0 radical (unpaired) electrons. The van der Waals surface area contributed by atoms with Crippen molar-refractivity contribution < 1.29 is 18.6 Å². The molecule has 1 atom stereocenters. The van der Waals surface area contributed by atoms with Crippen LogP contribution >= 0.6 is 0 Å². The Morgan fingerprint density at radius 2 is 1.84 bits per heavy atom. The predicted molar refractivity (Wildman–Crippen MR) is 132 cm³/mol. The van der Waals surface area contributed by atoms with Gasteiger partial charge in [0.15, 0.2) is 17.3 Å². The average Bonchev–Trinajstić information content (AvgIpc) is 3.57. The van der Waals surface area contributed by atoms with Crippen LogP contribution in [0.15, 0.2) is 47.3 Å². The molecule has 6 rings (SSSR count). The zero-order valence-electron chi connectivity index (χ0n) is 20.3. The number of nitrogens with one attached hydrogen (secondary N) is 1. The van der Waals surface area contributed by atoms with Crippen LogP contribution in [0.25, 0.3) is 10.9 Å². The molecule has 0 spiro atoms. The number of benzene rings is 2. The second kappa shape index (κ2) is 9.79. The molecule has 1 unspecified atom stereocenters. The van der Waals surface area contributed by atoms with Gasteiger partial charge in [-0.3, -0.25) is 9.69 Å². The Kier molecular flexibility index (Phi) is 6.18. The van der Waals surface area contributed by atoms with E-state index in [2.05, 4.69) is 30.3 Å². The number of fused-ring (bicyclic) bond motifs is 2. The number of methoxy groups -OCH3 is 1. The third kappa shape index (κ3) is 4.49. The van der Waals surface area contributed by atoms with Crippen molar-refractivity contribution in [2.75, 3.05) is 51.6 Å². The van der Waals surface area contributed by atoms with Crippen molar-refractivity contribution in [3.8, 4) is 11.5 Å². The maximum absolute atomic E-state index is 13.5. The summed E-state index contributed by atoms with van der Waals surface area (Å²) in [6, 6.07) is 11.5. The first kappa shape index (κ1) is 23.4. The van der Waals surface area contributed by atoms with Gasteiger partial charge in [0.2, 0.25) is 6.79 Å². The highest BCUT2D eigenvalue weighted by Crippen LogP contribution is 2.36. The monoisotopic (exact) mass is 507 g/mol. The number of hydrogen-bond donors (Lipinski definition) is 1. The minimum absolute atomic E-state index is 0.151. The van der Waals surface area contributed by atoms with Crippen LogP contribution < -0.4 is 19.9 Å². The SMILES string of the molecule is COCCn1nnnc1C(c1cc2cc3c(cc2[nH]c1=O)OCO3)N1CCN(c2ccc(F)cc2)CC1. The van der Waals surface area contributed by atoms with Crippen LogP contribution in [0.5, 0.6) is 11.5 Å². The summed E-state index contributed by atoms with van der Waals surface area (Å²) in [5.74, 6) is 1.55. The molecule has 1 N–H and O–H groups in total. The van der Waals surface area contributed by atoms with Gasteiger partial charge < -0.3 is 24.1 Å². The van der Waals surface area contributed by atoms with Gasteiger partial charge in [-0.15, -0.1) is 5.10 Å². The maximum atomic E-state index is 13.5. The summed E-state index contributed by atoms with van der Waals surface area (Å²) < 4.78 is 31.3. The molecule has 1 saturated heterocycles. The van der Waals surface area contributed by atoms with Gasteiger partial charge in [0, 0.05) is 56.0 Å². The lowest BCUT2D eigenvalue weighted by Gasteiger charge is -2.39. The first-order chi connectivity index (χ1) is 18.1. The van der Waals surface area contributed by atoms with Gasteiger partial charge in [-0.2, -0.15) is 0 Å². The van der Waals surface area contributed by atoms with E-state index in [0.29, 0.717) is 67.7 Å².